The molecule has 108 valence electrons. The second-order valence-corrected chi connectivity index (χ2v) is 6.95. The third-order valence-electron chi connectivity index (χ3n) is 3.66. The van der Waals surface area contributed by atoms with Gasteiger partial charge in [-0.2, -0.15) is 5.10 Å². The van der Waals surface area contributed by atoms with Crippen LogP contribution in [0.1, 0.15) is 11.4 Å². The first kappa shape index (κ1) is 13.0. The van der Waals surface area contributed by atoms with Crippen LogP contribution in [0.3, 0.4) is 0 Å². The number of rotatable bonds is 2. The van der Waals surface area contributed by atoms with Crippen molar-refractivity contribution < 1.29 is 14.7 Å². The van der Waals surface area contributed by atoms with Crippen molar-refractivity contribution >= 4 is 41.5 Å². The minimum atomic E-state index is -1.06. The Morgan fingerprint density at radius 2 is 2.38 bits per heavy atom. The number of aliphatic carboxylic acids is 1. The number of nitrogens with zero attached hydrogens (tertiary/aromatic N) is 3. The zero-order chi connectivity index (χ0) is 14.6. The largest absolute Gasteiger partial charge is 0.477 e. The van der Waals surface area contributed by atoms with Gasteiger partial charge in [-0.1, -0.05) is 0 Å². The first-order valence-electron chi connectivity index (χ1n) is 6.44. The van der Waals surface area contributed by atoms with E-state index in [0.717, 1.165) is 23.7 Å². The third-order valence-corrected chi connectivity index (χ3v) is 5.66. The summed E-state index contributed by atoms with van der Waals surface area (Å²) >= 11 is 3.19. The highest BCUT2D eigenvalue weighted by Crippen LogP contribution is 2.45. The normalized spacial score (nSPS) is 25.4. The Balaban J connectivity index is 1.60. The first-order valence-corrected chi connectivity index (χ1v) is 8.53. The number of β-lactam (4-membered cyclic amide) rings is 1. The van der Waals surface area contributed by atoms with Crippen molar-refractivity contribution in [3.8, 4) is 0 Å². The van der Waals surface area contributed by atoms with Crippen molar-refractivity contribution in [3.05, 3.63) is 34.1 Å². The number of aromatic nitrogens is 2. The molecule has 0 spiro atoms. The molecule has 0 aromatic carbocycles. The van der Waals surface area contributed by atoms with Crippen LogP contribution in [-0.4, -0.2) is 42.8 Å². The molecule has 8 heteroatoms. The quantitative estimate of drug-likeness (QED) is 0.655. The van der Waals surface area contributed by atoms with Gasteiger partial charge in [-0.15, -0.1) is 23.5 Å². The minimum Gasteiger partial charge on any atom is -0.477 e. The molecular weight excluding hydrogens is 310 g/mol. The van der Waals surface area contributed by atoms with Gasteiger partial charge in [-0.3, -0.25) is 14.4 Å². The molecule has 1 unspecified atom stereocenters. The zero-order valence-corrected chi connectivity index (χ0v) is 12.5. The van der Waals surface area contributed by atoms with E-state index in [0.29, 0.717) is 5.57 Å². The van der Waals surface area contributed by atoms with E-state index in [9.17, 15) is 9.59 Å². The number of carbonyl (C=O) groups excluding carboxylic acids is 1. The van der Waals surface area contributed by atoms with E-state index in [1.807, 2.05) is 22.5 Å². The monoisotopic (exact) mass is 321 g/mol. The van der Waals surface area contributed by atoms with Crippen LogP contribution >= 0.6 is 23.5 Å². The predicted molar refractivity (Wildman–Crippen MR) is 80.3 cm³/mol. The Kier molecular flexibility index (Phi) is 2.90. The summed E-state index contributed by atoms with van der Waals surface area (Å²) < 4.78 is 1.96. The lowest BCUT2D eigenvalue weighted by atomic mass is 10.0. The van der Waals surface area contributed by atoms with E-state index in [1.165, 1.54) is 27.8 Å². The molecule has 1 atom stereocenters. The van der Waals surface area contributed by atoms with Crippen LogP contribution in [0.2, 0.25) is 0 Å². The maximum atomic E-state index is 12.1. The van der Waals surface area contributed by atoms with Gasteiger partial charge in [-0.05, 0) is 18.6 Å². The number of hydrogen-bond donors (Lipinski definition) is 1. The van der Waals surface area contributed by atoms with Crippen molar-refractivity contribution in [2.45, 2.75) is 17.7 Å². The number of carboxylic acid groups (broad SMARTS) is 1. The molecule has 21 heavy (non-hydrogen) atoms. The Bertz CT molecular complexity index is 699. The fourth-order valence-electron chi connectivity index (χ4n) is 2.61. The molecule has 0 radical (unpaired) electrons. The van der Waals surface area contributed by atoms with Crippen LogP contribution in [0, 0.1) is 0 Å². The van der Waals surface area contributed by atoms with E-state index >= 15 is 0 Å². The van der Waals surface area contributed by atoms with Gasteiger partial charge in [0.1, 0.15) is 11.1 Å². The molecule has 1 saturated heterocycles. The summed E-state index contributed by atoms with van der Waals surface area (Å²) in [5, 5.41) is 14.8. The maximum absolute atomic E-state index is 12.1. The summed E-state index contributed by atoms with van der Waals surface area (Å²) in [4.78, 5) is 24.5. The van der Waals surface area contributed by atoms with Crippen LogP contribution in [0.15, 0.2) is 22.7 Å². The van der Waals surface area contributed by atoms with E-state index in [4.69, 9.17) is 5.11 Å². The highest BCUT2D eigenvalue weighted by molar-refractivity contribution is 8.03. The van der Waals surface area contributed by atoms with Gasteiger partial charge >= 0.3 is 5.97 Å². The Morgan fingerprint density at radius 1 is 1.52 bits per heavy atom. The molecule has 1 aromatic heterocycles. The van der Waals surface area contributed by atoms with Gasteiger partial charge in [0, 0.05) is 16.9 Å². The van der Waals surface area contributed by atoms with Crippen LogP contribution in [-0.2, 0) is 21.9 Å². The van der Waals surface area contributed by atoms with Crippen LogP contribution in [0.4, 0.5) is 0 Å². The lowest BCUT2D eigenvalue weighted by Gasteiger charge is -2.36. The van der Waals surface area contributed by atoms with Gasteiger partial charge in [0.05, 0.1) is 17.1 Å². The lowest BCUT2D eigenvalue weighted by Crippen LogP contribution is -2.51. The highest BCUT2D eigenvalue weighted by atomic mass is 32.2. The molecule has 6 nitrogen and oxygen atoms in total. The number of amides is 1. The predicted octanol–water partition coefficient (Wildman–Crippen LogP) is 1.35. The van der Waals surface area contributed by atoms with Crippen LogP contribution in [0.25, 0.3) is 6.08 Å². The number of hydrogen-bond acceptors (Lipinski definition) is 5. The van der Waals surface area contributed by atoms with E-state index in [2.05, 4.69) is 5.10 Å². The van der Waals surface area contributed by atoms with Crippen molar-refractivity contribution in [1.29, 1.82) is 0 Å². The van der Waals surface area contributed by atoms with Gasteiger partial charge in [-0.25, -0.2) is 4.79 Å². The molecule has 1 aromatic rings. The third kappa shape index (κ3) is 1.93. The standard InChI is InChI=1S/C13H11N3O3S2/c17-11-9(12-16(11)10(5-21-12)13(18)19)4-7-3-8-1-2-20-6-15(8)14-7/h3-5,12H,1-2,6H2,(H,18,19)/b9-4+. The highest BCUT2D eigenvalue weighted by Gasteiger charge is 2.49. The molecule has 3 aliphatic rings. The number of fused-ring (bicyclic) bond motifs is 2. The van der Waals surface area contributed by atoms with Gasteiger partial charge < -0.3 is 5.11 Å². The van der Waals surface area contributed by atoms with Gasteiger partial charge in [0.2, 0.25) is 0 Å². The Labute approximate surface area is 128 Å². The fraction of sp³-hybridized carbons (Fsp3) is 0.308. The summed E-state index contributed by atoms with van der Waals surface area (Å²) in [6.07, 6.45) is 2.77. The molecule has 1 fully saturated rings. The first-order chi connectivity index (χ1) is 10.1. The van der Waals surface area contributed by atoms with Crippen LogP contribution < -0.4 is 0 Å². The van der Waals surface area contributed by atoms with E-state index < -0.39 is 5.97 Å². The van der Waals surface area contributed by atoms with Crippen molar-refractivity contribution in [2.24, 2.45) is 0 Å². The van der Waals surface area contributed by atoms with Crippen molar-refractivity contribution in [2.75, 3.05) is 5.75 Å². The molecule has 4 rings (SSSR count). The second kappa shape index (κ2) is 4.67. The molecule has 0 aliphatic carbocycles. The Hall–Kier alpha value is -1.67. The zero-order valence-electron chi connectivity index (χ0n) is 10.9. The topological polar surface area (TPSA) is 75.4 Å². The summed E-state index contributed by atoms with van der Waals surface area (Å²) in [6, 6.07) is 2.01. The Morgan fingerprint density at radius 3 is 3.14 bits per heavy atom. The SMILES string of the molecule is O=C(O)C1=CSC2/C(=C/c3cc4n(n3)CSCC4)C(=O)N12. The van der Waals surface area contributed by atoms with Gasteiger partial charge in [0.25, 0.3) is 5.91 Å². The maximum Gasteiger partial charge on any atom is 0.353 e. The summed E-state index contributed by atoms with van der Waals surface area (Å²) in [6.45, 7) is 0. The molecule has 3 aliphatic heterocycles. The van der Waals surface area contributed by atoms with Crippen molar-refractivity contribution in [1.82, 2.24) is 14.7 Å². The number of thioether (sulfide) groups is 2. The number of aryl methyl sites for hydroxylation is 1. The van der Waals surface area contributed by atoms with Crippen LogP contribution in [0.5, 0.6) is 0 Å². The smallest absolute Gasteiger partial charge is 0.353 e. The summed E-state index contributed by atoms with van der Waals surface area (Å²) in [5.41, 5.74) is 2.65. The summed E-state index contributed by atoms with van der Waals surface area (Å²) in [7, 11) is 0. The van der Waals surface area contributed by atoms with E-state index in [1.54, 1.807) is 6.08 Å². The summed E-state index contributed by atoms with van der Waals surface area (Å²) in [5.74, 6) is 0.645. The minimum absolute atomic E-state index is 0.0627. The average Bonchev–Trinajstić information content (AvgIpc) is 3.05. The molecule has 1 N–H and O–H groups in total. The molecule has 0 saturated carbocycles. The molecule has 0 bridgehead atoms. The fourth-order valence-corrected chi connectivity index (χ4v) is 4.61. The number of carboxylic acids is 1. The average molecular weight is 321 g/mol. The van der Waals surface area contributed by atoms with E-state index in [-0.39, 0.29) is 17.0 Å². The van der Waals surface area contributed by atoms with Gasteiger partial charge in [0.15, 0.2) is 0 Å². The second-order valence-electron chi connectivity index (χ2n) is 4.92. The molecule has 1 amide bonds. The number of carbonyl (C=O) groups is 2. The molecular formula is C13H11N3O3S2. The van der Waals surface area contributed by atoms with Crippen molar-refractivity contribution in [3.63, 3.8) is 0 Å². The molecule has 4 heterocycles. The lowest BCUT2D eigenvalue weighted by molar-refractivity contribution is -0.141.